The van der Waals surface area contributed by atoms with Crippen molar-refractivity contribution in [2.75, 3.05) is 26.2 Å². The van der Waals surface area contributed by atoms with E-state index in [9.17, 15) is 0 Å². The number of hydrogen-bond acceptors (Lipinski definition) is 3. The van der Waals surface area contributed by atoms with E-state index in [2.05, 4.69) is 26.1 Å². The fraction of sp³-hybridized carbons (Fsp3) is 1.00. The topological polar surface area (TPSA) is 64.1 Å². The van der Waals surface area contributed by atoms with Gasteiger partial charge < -0.3 is 16.8 Å². The maximum Gasteiger partial charge on any atom is 0.00173 e. The minimum absolute atomic E-state index is 0.244. The first kappa shape index (κ1) is 12.9. The Morgan fingerprint density at radius 2 is 2.00 bits per heavy atom. The summed E-state index contributed by atoms with van der Waals surface area (Å²) in [6, 6.07) is 0. The molecule has 0 saturated heterocycles. The minimum Gasteiger partial charge on any atom is -0.330 e. The van der Waals surface area contributed by atoms with Gasteiger partial charge in [0.2, 0.25) is 0 Å². The second kappa shape index (κ2) is 6.35. The Hall–Kier alpha value is -0.120. The highest BCUT2D eigenvalue weighted by Crippen LogP contribution is 2.17. The van der Waals surface area contributed by atoms with Crippen LogP contribution in [0.4, 0.5) is 0 Å². The van der Waals surface area contributed by atoms with Crippen molar-refractivity contribution >= 4 is 0 Å². The van der Waals surface area contributed by atoms with E-state index >= 15 is 0 Å². The van der Waals surface area contributed by atoms with E-state index in [4.69, 9.17) is 11.5 Å². The molecular formula is C10H25N3. The average Bonchev–Trinajstić information content (AvgIpc) is 2.17. The molecule has 0 aliphatic carbocycles. The van der Waals surface area contributed by atoms with Gasteiger partial charge in [0, 0.05) is 6.54 Å². The van der Waals surface area contributed by atoms with E-state index in [0.29, 0.717) is 5.92 Å². The van der Waals surface area contributed by atoms with Gasteiger partial charge >= 0.3 is 0 Å². The van der Waals surface area contributed by atoms with Crippen LogP contribution in [0.5, 0.6) is 0 Å². The van der Waals surface area contributed by atoms with Crippen LogP contribution in [0.3, 0.4) is 0 Å². The lowest BCUT2D eigenvalue weighted by atomic mass is 9.87. The van der Waals surface area contributed by atoms with E-state index in [1.165, 1.54) is 0 Å². The summed E-state index contributed by atoms with van der Waals surface area (Å²) in [5.41, 5.74) is 11.5. The highest BCUT2D eigenvalue weighted by atomic mass is 14.9. The van der Waals surface area contributed by atoms with Crippen LogP contribution in [-0.2, 0) is 0 Å². The SMILES string of the molecule is CCC(C)(CN)CNCC(C)CN. The zero-order valence-electron chi connectivity index (χ0n) is 9.27. The van der Waals surface area contributed by atoms with Crippen LogP contribution in [0.1, 0.15) is 27.2 Å². The number of nitrogens with one attached hydrogen (secondary N) is 1. The molecule has 0 amide bonds. The summed E-state index contributed by atoms with van der Waals surface area (Å²) in [4.78, 5) is 0. The summed E-state index contributed by atoms with van der Waals surface area (Å²) < 4.78 is 0. The molecule has 0 heterocycles. The lowest BCUT2D eigenvalue weighted by Gasteiger charge is -2.27. The molecule has 0 aromatic rings. The third-order valence-electron chi connectivity index (χ3n) is 2.79. The third-order valence-corrected chi connectivity index (χ3v) is 2.79. The summed E-state index contributed by atoms with van der Waals surface area (Å²) in [6.45, 7) is 10.0. The van der Waals surface area contributed by atoms with E-state index in [1.54, 1.807) is 0 Å². The third kappa shape index (κ3) is 5.24. The summed E-state index contributed by atoms with van der Waals surface area (Å²) in [5, 5.41) is 3.42. The van der Waals surface area contributed by atoms with Crippen molar-refractivity contribution in [2.24, 2.45) is 22.8 Å². The maximum absolute atomic E-state index is 5.70. The van der Waals surface area contributed by atoms with Crippen LogP contribution in [0, 0.1) is 11.3 Å². The number of rotatable bonds is 7. The molecular weight excluding hydrogens is 162 g/mol. The van der Waals surface area contributed by atoms with Crippen molar-refractivity contribution in [3.8, 4) is 0 Å². The fourth-order valence-corrected chi connectivity index (χ4v) is 1.05. The van der Waals surface area contributed by atoms with Crippen molar-refractivity contribution < 1.29 is 0 Å². The molecule has 0 aromatic heterocycles. The highest BCUT2D eigenvalue weighted by molar-refractivity contribution is 4.76. The Morgan fingerprint density at radius 3 is 2.38 bits per heavy atom. The Kier molecular flexibility index (Phi) is 6.29. The number of nitrogens with two attached hydrogens (primary N) is 2. The molecule has 13 heavy (non-hydrogen) atoms. The Labute approximate surface area is 82.3 Å². The van der Waals surface area contributed by atoms with Crippen LogP contribution in [0.2, 0.25) is 0 Å². The second-order valence-corrected chi connectivity index (χ2v) is 4.34. The molecule has 2 unspecified atom stereocenters. The zero-order valence-corrected chi connectivity index (χ0v) is 9.27. The van der Waals surface area contributed by atoms with Crippen LogP contribution in [0.15, 0.2) is 0 Å². The largest absolute Gasteiger partial charge is 0.330 e. The summed E-state index contributed by atoms with van der Waals surface area (Å²) in [6.07, 6.45) is 1.12. The lowest BCUT2D eigenvalue weighted by molar-refractivity contribution is 0.296. The van der Waals surface area contributed by atoms with Gasteiger partial charge in [-0.1, -0.05) is 20.8 Å². The normalized spacial score (nSPS) is 18.2. The molecule has 0 saturated carbocycles. The molecule has 3 heteroatoms. The summed E-state index contributed by atoms with van der Waals surface area (Å²) in [7, 11) is 0. The van der Waals surface area contributed by atoms with Crippen LogP contribution in [0.25, 0.3) is 0 Å². The first-order valence-electron chi connectivity index (χ1n) is 5.19. The fourth-order valence-electron chi connectivity index (χ4n) is 1.05. The van der Waals surface area contributed by atoms with Crippen molar-refractivity contribution in [3.63, 3.8) is 0 Å². The first-order valence-corrected chi connectivity index (χ1v) is 5.19. The Balaban J connectivity index is 3.61. The van der Waals surface area contributed by atoms with Gasteiger partial charge in [-0.25, -0.2) is 0 Å². The van der Waals surface area contributed by atoms with Gasteiger partial charge in [0.15, 0.2) is 0 Å². The maximum atomic E-state index is 5.70. The Bertz CT molecular complexity index is 121. The van der Waals surface area contributed by atoms with E-state index in [0.717, 1.165) is 32.6 Å². The predicted octanol–water partition coefficient (Wildman–Crippen LogP) is 0.546. The smallest absolute Gasteiger partial charge is 0.00173 e. The molecule has 0 aromatic carbocycles. The second-order valence-electron chi connectivity index (χ2n) is 4.34. The molecule has 0 radical (unpaired) electrons. The molecule has 0 rings (SSSR count). The van der Waals surface area contributed by atoms with E-state index in [-0.39, 0.29) is 5.41 Å². The average molecular weight is 187 g/mol. The van der Waals surface area contributed by atoms with E-state index < -0.39 is 0 Å². The summed E-state index contributed by atoms with van der Waals surface area (Å²) in [5.74, 6) is 0.555. The van der Waals surface area contributed by atoms with Crippen LogP contribution >= 0.6 is 0 Å². The monoisotopic (exact) mass is 187 g/mol. The molecule has 3 nitrogen and oxygen atoms in total. The van der Waals surface area contributed by atoms with Crippen LogP contribution < -0.4 is 16.8 Å². The molecule has 0 fully saturated rings. The molecule has 80 valence electrons. The van der Waals surface area contributed by atoms with Gasteiger partial charge in [0.05, 0.1) is 0 Å². The molecule has 0 bridgehead atoms. The van der Waals surface area contributed by atoms with Crippen molar-refractivity contribution in [3.05, 3.63) is 0 Å². The van der Waals surface area contributed by atoms with Gasteiger partial charge in [0.1, 0.15) is 0 Å². The van der Waals surface area contributed by atoms with Crippen molar-refractivity contribution in [1.82, 2.24) is 5.32 Å². The summed E-state index contributed by atoms with van der Waals surface area (Å²) >= 11 is 0. The molecule has 5 N–H and O–H groups in total. The van der Waals surface area contributed by atoms with Gasteiger partial charge in [-0.3, -0.25) is 0 Å². The lowest BCUT2D eigenvalue weighted by Crippen LogP contribution is -2.39. The predicted molar refractivity (Wildman–Crippen MR) is 58.5 cm³/mol. The Morgan fingerprint density at radius 1 is 1.38 bits per heavy atom. The number of hydrogen-bond donors (Lipinski definition) is 3. The standard InChI is InChI=1S/C10H25N3/c1-4-10(3,7-12)8-13-6-9(2)5-11/h9,13H,4-8,11-12H2,1-3H3. The zero-order chi connectivity index (χ0) is 10.3. The van der Waals surface area contributed by atoms with Crippen LogP contribution in [-0.4, -0.2) is 26.2 Å². The molecule has 0 aliphatic heterocycles. The molecule has 0 spiro atoms. The first-order chi connectivity index (χ1) is 6.08. The quantitative estimate of drug-likeness (QED) is 0.545. The molecule has 0 aliphatic rings. The van der Waals surface area contributed by atoms with Crippen molar-refractivity contribution in [1.29, 1.82) is 0 Å². The van der Waals surface area contributed by atoms with Gasteiger partial charge in [0.25, 0.3) is 0 Å². The highest BCUT2D eigenvalue weighted by Gasteiger charge is 2.19. The van der Waals surface area contributed by atoms with Gasteiger partial charge in [-0.2, -0.15) is 0 Å². The van der Waals surface area contributed by atoms with Gasteiger partial charge in [-0.05, 0) is 37.4 Å². The van der Waals surface area contributed by atoms with Crippen molar-refractivity contribution in [2.45, 2.75) is 27.2 Å². The molecule has 2 atom stereocenters. The van der Waals surface area contributed by atoms with Gasteiger partial charge in [-0.15, -0.1) is 0 Å². The van der Waals surface area contributed by atoms with E-state index in [1.807, 2.05) is 0 Å². The minimum atomic E-state index is 0.244.